The van der Waals surface area contributed by atoms with E-state index in [1.807, 2.05) is 0 Å². The first-order chi connectivity index (χ1) is 4.63. The van der Waals surface area contributed by atoms with E-state index in [4.69, 9.17) is 11.8 Å². The summed E-state index contributed by atoms with van der Waals surface area (Å²) in [6.07, 6.45) is 0. The summed E-state index contributed by atoms with van der Waals surface area (Å²) in [5.74, 6) is 0. The van der Waals surface area contributed by atoms with Gasteiger partial charge in [0.15, 0.2) is 0 Å². The van der Waals surface area contributed by atoms with Crippen LogP contribution in [-0.2, 0) is 0 Å². The summed E-state index contributed by atoms with van der Waals surface area (Å²) < 4.78 is 0.862. The number of nitrogens with zero attached hydrogens (tertiary/aromatic N) is 3. The van der Waals surface area contributed by atoms with Crippen LogP contribution in [0.5, 0.6) is 0 Å². The van der Waals surface area contributed by atoms with Gasteiger partial charge in [0.05, 0.1) is 5.29 Å². The van der Waals surface area contributed by atoms with Gasteiger partial charge in [-0.15, -0.1) is 4.91 Å². The number of halogens is 1. The molecule has 58 valence electrons. The van der Waals surface area contributed by atoms with Crippen LogP contribution in [0.2, 0.25) is 0 Å². The van der Waals surface area contributed by atoms with Crippen LogP contribution >= 0.6 is 11.8 Å². The van der Waals surface area contributed by atoms with Crippen LogP contribution in [0.4, 0.5) is 4.79 Å². The van der Waals surface area contributed by atoms with Crippen LogP contribution in [-0.4, -0.2) is 29.1 Å². The van der Waals surface area contributed by atoms with Crippen molar-refractivity contribution in [2.24, 2.45) is 5.29 Å². The van der Waals surface area contributed by atoms with Crippen molar-refractivity contribution in [3.63, 3.8) is 0 Å². The van der Waals surface area contributed by atoms with Gasteiger partial charge in [0.2, 0.25) is 0 Å². The molecule has 0 fully saturated rings. The molecule has 0 aromatic carbocycles. The van der Waals surface area contributed by atoms with Crippen LogP contribution in [0.25, 0.3) is 0 Å². The van der Waals surface area contributed by atoms with Crippen LogP contribution < -0.4 is 0 Å². The summed E-state index contributed by atoms with van der Waals surface area (Å²) in [6.45, 7) is 2.02. The molecule has 0 unspecified atom stereocenters. The standard InChI is InChI=1S/C4H8ClN3O2/c1-3-8(5)4(9)7(2)6-10/h3H2,1-2H3. The monoisotopic (exact) mass is 165 g/mol. The molecule has 0 aromatic rings. The van der Waals surface area contributed by atoms with Gasteiger partial charge < -0.3 is 0 Å². The van der Waals surface area contributed by atoms with E-state index in [1.54, 1.807) is 6.92 Å². The van der Waals surface area contributed by atoms with Crippen molar-refractivity contribution in [1.82, 2.24) is 9.43 Å². The van der Waals surface area contributed by atoms with E-state index in [9.17, 15) is 9.70 Å². The fourth-order valence-electron chi connectivity index (χ4n) is 0.327. The molecular formula is C4H8ClN3O2. The number of rotatable bonds is 2. The Morgan fingerprint density at radius 3 is 2.50 bits per heavy atom. The molecule has 0 aromatic heterocycles. The highest BCUT2D eigenvalue weighted by atomic mass is 35.5. The molecule has 0 heterocycles. The van der Waals surface area contributed by atoms with Crippen molar-refractivity contribution in [3.05, 3.63) is 4.91 Å². The van der Waals surface area contributed by atoms with Gasteiger partial charge in [-0.3, -0.25) is 0 Å². The number of amides is 2. The zero-order chi connectivity index (χ0) is 8.15. The van der Waals surface area contributed by atoms with Gasteiger partial charge in [0.25, 0.3) is 0 Å². The molecule has 2 amide bonds. The lowest BCUT2D eigenvalue weighted by molar-refractivity contribution is 0.192. The number of urea groups is 1. The van der Waals surface area contributed by atoms with Crippen molar-refractivity contribution < 1.29 is 4.79 Å². The molecule has 6 heteroatoms. The molecule has 0 saturated heterocycles. The number of carbonyl (C=O) groups excluding carboxylic acids is 1. The Morgan fingerprint density at radius 1 is 1.70 bits per heavy atom. The highest BCUT2D eigenvalue weighted by molar-refractivity contribution is 6.20. The second kappa shape index (κ2) is 4.05. The Kier molecular flexibility index (Phi) is 3.71. The molecule has 0 atom stereocenters. The lowest BCUT2D eigenvalue weighted by Gasteiger charge is -2.13. The number of hydrogen-bond acceptors (Lipinski definition) is 3. The molecule has 10 heavy (non-hydrogen) atoms. The summed E-state index contributed by atoms with van der Waals surface area (Å²) in [7, 11) is 1.24. The molecule has 0 N–H and O–H groups in total. The summed E-state index contributed by atoms with van der Waals surface area (Å²) in [6, 6.07) is -0.626. The minimum atomic E-state index is -0.626. The van der Waals surface area contributed by atoms with Crippen molar-refractivity contribution in [2.75, 3.05) is 13.6 Å². The topological polar surface area (TPSA) is 53.0 Å². The van der Waals surface area contributed by atoms with E-state index in [-0.39, 0.29) is 0 Å². The zero-order valence-corrected chi connectivity index (χ0v) is 6.50. The smallest absolute Gasteiger partial charge is 0.245 e. The van der Waals surface area contributed by atoms with E-state index >= 15 is 0 Å². The summed E-state index contributed by atoms with van der Waals surface area (Å²) >= 11 is 5.33. The molecule has 0 bridgehead atoms. The maximum absolute atomic E-state index is 10.7. The molecule has 0 aliphatic carbocycles. The van der Waals surface area contributed by atoms with Gasteiger partial charge >= 0.3 is 6.03 Å². The molecular weight excluding hydrogens is 158 g/mol. The third kappa shape index (κ3) is 2.18. The van der Waals surface area contributed by atoms with Crippen molar-refractivity contribution in [2.45, 2.75) is 6.92 Å². The third-order valence-electron chi connectivity index (χ3n) is 0.885. The quantitative estimate of drug-likeness (QED) is 0.351. The van der Waals surface area contributed by atoms with Crippen LogP contribution in [0.3, 0.4) is 0 Å². The first-order valence-electron chi connectivity index (χ1n) is 2.67. The Bertz CT molecular complexity index is 140. The fourth-order valence-corrected chi connectivity index (χ4v) is 0.437. The minimum Gasteiger partial charge on any atom is -0.245 e. The van der Waals surface area contributed by atoms with Crippen LogP contribution in [0, 0.1) is 4.91 Å². The third-order valence-corrected chi connectivity index (χ3v) is 1.27. The highest BCUT2D eigenvalue weighted by Gasteiger charge is 2.13. The number of hydrogen-bond donors (Lipinski definition) is 0. The Morgan fingerprint density at radius 2 is 2.20 bits per heavy atom. The molecule has 0 rings (SSSR count). The molecule has 5 nitrogen and oxygen atoms in total. The van der Waals surface area contributed by atoms with Gasteiger partial charge in [-0.2, -0.15) is 5.01 Å². The van der Waals surface area contributed by atoms with E-state index < -0.39 is 6.03 Å². The highest BCUT2D eigenvalue weighted by Crippen LogP contribution is 1.99. The number of nitroso groups, excluding NO2 is 1. The van der Waals surface area contributed by atoms with Crippen molar-refractivity contribution in [1.29, 1.82) is 0 Å². The summed E-state index contributed by atoms with van der Waals surface area (Å²) in [5.41, 5.74) is 0. The van der Waals surface area contributed by atoms with Gasteiger partial charge in [-0.05, 0) is 6.92 Å². The van der Waals surface area contributed by atoms with Gasteiger partial charge in [0.1, 0.15) is 0 Å². The lowest BCUT2D eigenvalue weighted by Crippen LogP contribution is -2.31. The average molecular weight is 166 g/mol. The molecule has 0 radical (unpaired) electrons. The average Bonchev–Trinajstić information content (AvgIpc) is 2.00. The van der Waals surface area contributed by atoms with Gasteiger partial charge in [-0.25, -0.2) is 9.21 Å². The Labute approximate surface area is 63.6 Å². The second-order valence-electron chi connectivity index (χ2n) is 1.57. The first-order valence-corrected chi connectivity index (χ1v) is 3.01. The second-order valence-corrected chi connectivity index (χ2v) is 1.97. The molecule has 0 aliphatic rings. The van der Waals surface area contributed by atoms with E-state index in [0.29, 0.717) is 11.6 Å². The predicted molar refractivity (Wildman–Crippen MR) is 37.2 cm³/mol. The Hall–Kier alpha value is -0.840. The van der Waals surface area contributed by atoms with Crippen molar-refractivity contribution in [3.8, 4) is 0 Å². The summed E-state index contributed by atoms with van der Waals surface area (Å²) in [5, 5.41) is 2.99. The predicted octanol–water partition coefficient (Wildman–Crippen LogP) is 1.20. The van der Waals surface area contributed by atoms with Crippen LogP contribution in [0.15, 0.2) is 5.29 Å². The van der Waals surface area contributed by atoms with Crippen LogP contribution in [0.1, 0.15) is 6.92 Å². The normalized spacial score (nSPS) is 8.70. The van der Waals surface area contributed by atoms with E-state index in [1.165, 1.54) is 7.05 Å². The lowest BCUT2D eigenvalue weighted by atomic mass is 10.7. The maximum Gasteiger partial charge on any atom is 0.357 e. The van der Waals surface area contributed by atoms with Crippen molar-refractivity contribution >= 4 is 17.8 Å². The fraction of sp³-hybridized carbons (Fsp3) is 0.750. The summed E-state index contributed by atoms with van der Waals surface area (Å²) in [4.78, 5) is 20.5. The number of carbonyl (C=O) groups is 1. The van der Waals surface area contributed by atoms with E-state index in [0.717, 1.165) is 4.42 Å². The zero-order valence-electron chi connectivity index (χ0n) is 5.74. The molecule has 0 spiro atoms. The van der Waals surface area contributed by atoms with E-state index in [2.05, 4.69) is 5.29 Å². The maximum atomic E-state index is 10.7. The largest absolute Gasteiger partial charge is 0.357 e. The molecule has 0 saturated carbocycles. The minimum absolute atomic E-state index is 0.334. The molecule has 0 aliphatic heterocycles. The SMILES string of the molecule is CCN(Cl)C(=O)N(C)N=O. The first kappa shape index (κ1) is 9.16. The Balaban J connectivity index is 3.93. The van der Waals surface area contributed by atoms with Gasteiger partial charge in [-0.1, -0.05) is 0 Å². The van der Waals surface area contributed by atoms with Gasteiger partial charge in [0, 0.05) is 25.4 Å².